The van der Waals surface area contributed by atoms with Gasteiger partial charge in [0.15, 0.2) is 0 Å². The van der Waals surface area contributed by atoms with Crippen LogP contribution in [0.3, 0.4) is 0 Å². The van der Waals surface area contributed by atoms with Crippen molar-refractivity contribution in [1.82, 2.24) is 0 Å². The van der Waals surface area contributed by atoms with Crippen molar-refractivity contribution in [3.05, 3.63) is 50.9 Å². The maximum Gasteiger partial charge on any atom is 0.339 e. The number of nitrogens with one attached hydrogen (secondary N) is 1. The molecule has 21 heavy (non-hydrogen) atoms. The number of carboxylic acid groups (broad SMARTS) is 1. The Hall–Kier alpha value is -2.94. The summed E-state index contributed by atoms with van der Waals surface area (Å²) in [6.07, 6.45) is 0. The highest BCUT2D eigenvalue weighted by molar-refractivity contribution is 7.13. The van der Waals surface area contributed by atoms with E-state index in [1.54, 1.807) is 0 Å². The molecule has 0 fully saturated rings. The summed E-state index contributed by atoms with van der Waals surface area (Å²) >= 11 is 0.813. The zero-order valence-electron chi connectivity index (χ0n) is 10.3. The third kappa shape index (κ3) is 3.15. The van der Waals surface area contributed by atoms with Crippen LogP contribution in [0.5, 0.6) is 5.75 Å². The summed E-state index contributed by atoms with van der Waals surface area (Å²) in [6.45, 7) is 0. The van der Waals surface area contributed by atoms with E-state index in [1.807, 2.05) is 0 Å². The van der Waals surface area contributed by atoms with Crippen LogP contribution in [0.2, 0.25) is 0 Å². The summed E-state index contributed by atoms with van der Waals surface area (Å²) in [5.74, 6) is -2.37. The molecule has 1 amide bonds. The van der Waals surface area contributed by atoms with Crippen LogP contribution in [-0.2, 0) is 0 Å². The van der Waals surface area contributed by atoms with Crippen molar-refractivity contribution in [3.63, 3.8) is 0 Å². The lowest BCUT2D eigenvalue weighted by Gasteiger charge is -2.06. The second kappa shape index (κ2) is 5.59. The lowest BCUT2D eigenvalue weighted by molar-refractivity contribution is -0.380. The van der Waals surface area contributed by atoms with Crippen molar-refractivity contribution >= 4 is 33.9 Å². The molecule has 3 N–H and O–H groups in total. The largest absolute Gasteiger partial charge is 0.507 e. The normalized spacial score (nSPS) is 10.1. The van der Waals surface area contributed by atoms with Gasteiger partial charge in [0, 0.05) is 17.1 Å². The second-order valence-corrected chi connectivity index (χ2v) is 4.81. The fraction of sp³-hybridized carbons (Fsp3) is 0. The monoisotopic (exact) mass is 308 g/mol. The minimum Gasteiger partial charge on any atom is -0.507 e. The molecule has 0 aliphatic rings. The van der Waals surface area contributed by atoms with E-state index in [4.69, 9.17) is 5.11 Å². The fourth-order valence-corrected chi connectivity index (χ4v) is 2.23. The van der Waals surface area contributed by atoms with Gasteiger partial charge in [-0.2, -0.15) is 0 Å². The molecule has 0 saturated carbocycles. The highest BCUT2D eigenvalue weighted by Crippen LogP contribution is 2.25. The summed E-state index contributed by atoms with van der Waals surface area (Å²) in [5, 5.41) is 32.3. The number of nitro groups is 1. The first-order valence-corrected chi connectivity index (χ1v) is 6.37. The number of rotatable bonds is 4. The SMILES string of the molecule is O=C(Nc1ccc(O)c(C(=O)O)c1)c1csc([N+](=O)[O-])c1. The molecular weight excluding hydrogens is 300 g/mol. The summed E-state index contributed by atoms with van der Waals surface area (Å²) in [6, 6.07) is 4.67. The van der Waals surface area contributed by atoms with E-state index in [0.29, 0.717) is 0 Å². The number of nitrogens with zero attached hydrogens (tertiary/aromatic N) is 1. The third-order valence-corrected chi connectivity index (χ3v) is 3.39. The molecule has 0 aliphatic heterocycles. The Morgan fingerprint density at radius 3 is 2.57 bits per heavy atom. The highest BCUT2D eigenvalue weighted by atomic mass is 32.1. The smallest absolute Gasteiger partial charge is 0.339 e. The molecule has 0 unspecified atom stereocenters. The van der Waals surface area contributed by atoms with Gasteiger partial charge in [0.1, 0.15) is 11.3 Å². The first-order chi connectivity index (χ1) is 9.88. The number of aromatic carboxylic acids is 1. The first-order valence-electron chi connectivity index (χ1n) is 5.49. The molecule has 1 heterocycles. The number of carbonyl (C=O) groups excluding carboxylic acids is 1. The van der Waals surface area contributed by atoms with E-state index < -0.39 is 22.5 Å². The number of benzene rings is 1. The van der Waals surface area contributed by atoms with E-state index in [2.05, 4.69) is 5.32 Å². The van der Waals surface area contributed by atoms with Gasteiger partial charge in [0.05, 0.1) is 10.5 Å². The van der Waals surface area contributed by atoms with Crippen LogP contribution in [0, 0.1) is 10.1 Å². The standard InChI is InChI=1S/C12H8N2O6S/c15-9-2-1-7(4-8(9)12(17)18)13-11(16)6-3-10(14(19)20)21-5-6/h1-5,15H,(H,13,16)(H,17,18). The summed E-state index contributed by atoms with van der Waals surface area (Å²) in [4.78, 5) is 32.7. The van der Waals surface area contributed by atoms with Crippen LogP contribution >= 0.6 is 11.3 Å². The quantitative estimate of drug-likeness (QED) is 0.451. The Balaban J connectivity index is 2.21. The van der Waals surface area contributed by atoms with Crippen LogP contribution in [0.4, 0.5) is 10.7 Å². The predicted molar refractivity (Wildman–Crippen MR) is 74.0 cm³/mol. The number of hydrogen-bond donors (Lipinski definition) is 3. The second-order valence-electron chi connectivity index (χ2n) is 3.92. The Labute approximate surface area is 121 Å². The Morgan fingerprint density at radius 1 is 1.29 bits per heavy atom. The number of thiophene rings is 1. The van der Waals surface area contributed by atoms with Gasteiger partial charge in [-0.25, -0.2) is 4.79 Å². The zero-order chi connectivity index (χ0) is 15.6. The van der Waals surface area contributed by atoms with Gasteiger partial charge in [-0.05, 0) is 18.2 Å². The van der Waals surface area contributed by atoms with Crippen LogP contribution in [-0.4, -0.2) is 27.0 Å². The maximum atomic E-state index is 11.9. The molecule has 0 atom stereocenters. The molecule has 0 aliphatic carbocycles. The lowest BCUT2D eigenvalue weighted by Crippen LogP contribution is -2.11. The van der Waals surface area contributed by atoms with Crippen LogP contribution in [0.1, 0.15) is 20.7 Å². The van der Waals surface area contributed by atoms with Crippen LogP contribution < -0.4 is 5.32 Å². The van der Waals surface area contributed by atoms with E-state index in [1.165, 1.54) is 11.4 Å². The summed E-state index contributed by atoms with van der Waals surface area (Å²) in [7, 11) is 0. The van der Waals surface area contributed by atoms with Gasteiger partial charge in [-0.3, -0.25) is 14.9 Å². The molecule has 0 spiro atoms. The fourth-order valence-electron chi connectivity index (χ4n) is 1.53. The van der Waals surface area contributed by atoms with Gasteiger partial charge in [0.2, 0.25) is 0 Å². The number of amides is 1. The molecule has 2 rings (SSSR count). The lowest BCUT2D eigenvalue weighted by atomic mass is 10.1. The van der Waals surface area contributed by atoms with E-state index >= 15 is 0 Å². The van der Waals surface area contributed by atoms with Crippen LogP contribution in [0.15, 0.2) is 29.6 Å². The van der Waals surface area contributed by atoms with Crippen molar-refractivity contribution in [1.29, 1.82) is 0 Å². The molecule has 0 saturated heterocycles. The average Bonchev–Trinajstić information content (AvgIpc) is 2.90. The number of carbonyl (C=O) groups is 2. The Morgan fingerprint density at radius 2 is 2.00 bits per heavy atom. The summed E-state index contributed by atoms with van der Waals surface area (Å²) in [5.41, 5.74) is -0.107. The van der Waals surface area contributed by atoms with E-state index in [9.17, 15) is 24.8 Å². The Bertz CT molecular complexity index is 739. The summed E-state index contributed by atoms with van der Waals surface area (Å²) < 4.78 is 0. The number of phenols is 1. The Kier molecular flexibility index (Phi) is 3.85. The van der Waals surface area contributed by atoms with Crippen molar-refractivity contribution in [2.24, 2.45) is 0 Å². The minimum atomic E-state index is -1.34. The van der Waals surface area contributed by atoms with Crippen LogP contribution in [0.25, 0.3) is 0 Å². The highest BCUT2D eigenvalue weighted by Gasteiger charge is 2.16. The van der Waals surface area contributed by atoms with Crippen molar-refractivity contribution in [3.8, 4) is 5.75 Å². The number of anilines is 1. The van der Waals surface area contributed by atoms with E-state index in [0.717, 1.165) is 29.5 Å². The molecule has 1 aromatic heterocycles. The van der Waals surface area contributed by atoms with Crippen molar-refractivity contribution in [2.75, 3.05) is 5.32 Å². The minimum absolute atomic E-state index is 0.0941. The van der Waals surface area contributed by atoms with Gasteiger partial charge in [-0.15, -0.1) is 0 Å². The molecular formula is C12H8N2O6S. The predicted octanol–water partition coefficient (Wildman–Crippen LogP) is 2.31. The number of hydrogen-bond acceptors (Lipinski definition) is 6. The van der Waals surface area contributed by atoms with Gasteiger partial charge < -0.3 is 15.5 Å². The van der Waals surface area contributed by atoms with Gasteiger partial charge >= 0.3 is 11.0 Å². The van der Waals surface area contributed by atoms with Gasteiger partial charge in [-0.1, -0.05) is 11.3 Å². The van der Waals surface area contributed by atoms with Gasteiger partial charge in [0.25, 0.3) is 5.91 Å². The number of aromatic hydroxyl groups is 1. The third-order valence-electron chi connectivity index (χ3n) is 2.51. The molecule has 8 nitrogen and oxygen atoms in total. The molecule has 0 bridgehead atoms. The maximum absolute atomic E-state index is 11.9. The van der Waals surface area contributed by atoms with Crippen molar-refractivity contribution < 1.29 is 24.7 Å². The molecule has 2 aromatic rings. The topological polar surface area (TPSA) is 130 Å². The molecule has 0 radical (unpaired) electrons. The van der Waals surface area contributed by atoms with E-state index in [-0.39, 0.29) is 21.8 Å². The first kappa shape index (κ1) is 14.5. The molecule has 9 heteroatoms. The van der Waals surface area contributed by atoms with Crippen molar-refractivity contribution in [2.45, 2.75) is 0 Å². The molecule has 108 valence electrons. The zero-order valence-corrected chi connectivity index (χ0v) is 11.1. The molecule has 1 aromatic carbocycles. The number of carboxylic acids is 1. The average molecular weight is 308 g/mol.